The van der Waals surface area contributed by atoms with Gasteiger partial charge in [0.15, 0.2) is 5.76 Å². The van der Waals surface area contributed by atoms with Gasteiger partial charge in [0, 0.05) is 30.3 Å². The fourth-order valence-corrected chi connectivity index (χ4v) is 3.36. The van der Waals surface area contributed by atoms with Crippen LogP contribution in [-0.2, 0) is 16.1 Å². The van der Waals surface area contributed by atoms with Crippen LogP contribution in [0.2, 0.25) is 0 Å². The number of halogens is 1. The molecule has 1 aliphatic rings. The van der Waals surface area contributed by atoms with E-state index in [1.165, 1.54) is 12.1 Å². The molecule has 2 aromatic carbocycles. The normalized spacial score (nSPS) is 16.0. The summed E-state index contributed by atoms with van der Waals surface area (Å²) in [7, 11) is 1.58. The van der Waals surface area contributed by atoms with E-state index in [2.05, 4.69) is 10.5 Å². The summed E-state index contributed by atoms with van der Waals surface area (Å²) in [6.45, 7) is 0.493. The number of carbonyl (C=O) groups is 2. The molecule has 1 saturated heterocycles. The average molecular weight is 409 g/mol. The second kappa shape index (κ2) is 8.36. The first-order valence-corrected chi connectivity index (χ1v) is 9.47. The van der Waals surface area contributed by atoms with E-state index in [1.807, 2.05) is 0 Å². The Labute approximate surface area is 172 Å². The van der Waals surface area contributed by atoms with Crippen LogP contribution in [-0.4, -0.2) is 30.6 Å². The maximum absolute atomic E-state index is 13.0. The van der Waals surface area contributed by atoms with Crippen molar-refractivity contribution in [1.29, 1.82) is 0 Å². The Morgan fingerprint density at radius 3 is 2.67 bits per heavy atom. The van der Waals surface area contributed by atoms with E-state index in [9.17, 15) is 14.0 Å². The molecule has 3 aromatic rings. The van der Waals surface area contributed by atoms with Crippen LogP contribution < -0.4 is 15.0 Å². The van der Waals surface area contributed by atoms with Crippen molar-refractivity contribution in [3.8, 4) is 17.1 Å². The first-order valence-electron chi connectivity index (χ1n) is 9.47. The van der Waals surface area contributed by atoms with Crippen LogP contribution in [0.5, 0.6) is 5.75 Å². The van der Waals surface area contributed by atoms with Crippen molar-refractivity contribution in [2.24, 2.45) is 5.92 Å². The van der Waals surface area contributed by atoms with Gasteiger partial charge in [-0.05, 0) is 48.5 Å². The minimum atomic E-state index is -0.442. The molecule has 0 spiro atoms. The number of carbonyl (C=O) groups excluding carboxylic acids is 2. The first-order chi connectivity index (χ1) is 14.5. The molecule has 1 unspecified atom stereocenters. The van der Waals surface area contributed by atoms with Crippen molar-refractivity contribution in [2.45, 2.75) is 13.0 Å². The summed E-state index contributed by atoms with van der Waals surface area (Å²) in [6, 6.07) is 14.7. The van der Waals surface area contributed by atoms with Crippen molar-refractivity contribution in [2.75, 3.05) is 18.6 Å². The number of amides is 2. The monoisotopic (exact) mass is 409 g/mol. The molecule has 154 valence electrons. The van der Waals surface area contributed by atoms with Crippen LogP contribution in [0, 0.1) is 11.7 Å². The molecule has 8 heteroatoms. The summed E-state index contributed by atoms with van der Waals surface area (Å²) >= 11 is 0. The third-order valence-electron chi connectivity index (χ3n) is 5.01. The number of anilines is 1. The zero-order valence-corrected chi connectivity index (χ0v) is 16.3. The molecule has 1 aliphatic heterocycles. The van der Waals surface area contributed by atoms with E-state index in [0.29, 0.717) is 29.3 Å². The molecule has 30 heavy (non-hydrogen) atoms. The van der Waals surface area contributed by atoms with Crippen molar-refractivity contribution in [3.05, 3.63) is 66.1 Å². The Morgan fingerprint density at radius 1 is 1.23 bits per heavy atom. The summed E-state index contributed by atoms with van der Waals surface area (Å²) in [6.07, 6.45) is 0.150. The molecular formula is C22H20FN3O4. The number of ether oxygens (including phenoxy) is 1. The highest BCUT2D eigenvalue weighted by molar-refractivity contribution is 6.00. The molecule has 2 amide bonds. The predicted molar refractivity (Wildman–Crippen MR) is 107 cm³/mol. The van der Waals surface area contributed by atoms with Crippen LogP contribution in [0.15, 0.2) is 59.1 Å². The van der Waals surface area contributed by atoms with E-state index in [1.54, 1.807) is 54.5 Å². The summed E-state index contributed by atoms with van der Waals surface area (Å²) in [5.74, 6) is 0.0999. The maximum atomic E-state index is 13.0. The zero-order chi connectivity index (χ0) is 21.1. The lowest BCUT2D eigenvalue weighted by Crippen LogP contribution is -2.32. The molecule has 2 heterocycles. The van der Waals surface area contributed by atoms with Gasteiger partial charge in [-0.15, -0.1) is 0 Å². The summed E-state index contributed by atoms with van der Waals surface area (Å²) in [5.41, 5.74) is 1.97. The lowest BCUT2D eigenvalue weighted by Gasteiger charge is -2.17. The quantitative estimate of drug-likeness (QED) is 0.676. The molecule has 1 atom stereocenters. The third-order valence-corrected chi connectivity index (χ3v) is 5.01. The largest absolute Gasteiger partial charge is 0.497 e. The Morgan fingerprint density at radius 2 is 1.97 bits per heavy atom. The SMILES string of the molecule is COc1ccc(N2CC(C(=O)NCc3cc(-c4ccc(F)cc4)on3)CC2=O)cc1. The molecular weight excluding hydrogens is 389 g/mol. The van der Waals surface area contributed by atoms with Crippen LogP contribution in [0.1, 0.15) is 12.1 Å². The number of hydrogen-bond donors (Lipinski definition) is 1. The fraction of sp³-hybridized carbons (Fsp3) is 0.227. The fourth-order valence-electron chi connectivity index (χ4n) is 3.36. The Hall–Kier alpha value is -3.68. The minimum Gasteiger partial charge on any atom is -0.497 e. The van der Waals surface area contributed by atoms with Crippen LogP contribution in [0.3, 0.4) is 0 Å². The van der Waals surface area contributed by atoms with Gasteiger partial charge in [0.2, 0.25) is 11.8 Å². The number of aromatic nitrogens is 1. The van der Waals surface area contributed by atoms with Crippen LogP contribution in [0.25, 0.3) is 11.3 Å². The molecule has 1 fully saturated rings. The number of benzene rings is 2. The van der Waals surface area contributed by atoms with E-state index in [4.69, 9.17) is 9.26 Å². The summed E-state index contributed by atoms with van der Waals surface area (Å²) in [4.78, 5) is 26.5. The van der Waals surface area contributed by atoms with Gasteiger partial charge in [0.1, 0.15) is 17.3 Å². The topological polar surface area (TPSA) is 84.7 Å². The molecule has 4 rings (SSSR count). The second-order valence-electron chi connectivity index (χ2n) is 7.01. The third kappa shape index (κ3) is 4.17. The van der Waals surface area contributed by atoms with Crippen molar-refractivity contribution >= 4 is 17.5 Å². The lowest BCUT2D eigenvalue weighted by atomic mass is 10.1. The van der Waals surface area contributed by atoms with Gasteiger partial charge in [-0.2, -0.15) is 0 Å². The molecule has 0 radical (unpaired) electrons. The number of methoxy groups -OCH3 is 1. The molecule has 7 nitrogen and oxygen atoms in total. The van der Waals surface area contributed by atoms with Crippen LogP contribution >= 0.6 is 0 Å². The van der Waals surface area contributed by atoms with Crippen molar-refractivity contribution in [1.82, 2.24) is 10.5 Å². The lowest BCUT2D eigenvalue weighted by molar-refractivity contribution is -0.126. The molecule has 1 N–H and O–H groups in total. The van der Waals surface area contributed by atoms with E-state index in [-0.39, 0.29) is 30.6 Å². The number of rotatable bonds is 6. The molecule has 0 saturated carbocycles. The average Bonchev–Trinajstić information content (AvgIpc) is 3.39. The van der Waals surface area contributed by atoms with Gasteiger partial charge in [-0.1, -0.05) is 5.16 Å². The van der Waals surface area contributed by atoms with E-state index < -0.39 is 5.92 Å². The van der Waals surface area contributed by atoms with Crippen LogP contribution in [0.4, 0.5) is 10.1 Å². The Bertz CT molecular complexity index is 1050. The highest BCUT2D eigenvalue weighted by Gasteiger charge is 2.35. The van der Waals surface area contributed by atoms with Gasteiger partial charge in [-0.25, -0.2) is 4.39 Å². The standard InChI is InChI=1S/C22H20FN3O4/c1-29-19-8-6-18(7-9-19)26-13-15(10-21(26)27)22(28)24-12-17-11-20(30-25-17)14-2-4-16(23)5-3-14/h2-9,11,15H,10,12-13H2,1H3,(H,24,28). The zero-order valence-electron chi connectivity index (χ0n) is 16.3. The molecule has 0 aliphatic carbocycles. The summed E-state index contributed by atoms with van der Waals surface area (Å²) in [5, 5.41) is 6.74. The van der Waals surface area contributed by atoms with E-state index >= 15 is 0 Å². The molecule has 1 aromatic heterocycles. The minimum absolute atomic E-state index is 0.0969. The van der Waals surface area contributed by atoms with Gasteiger partial charge >= 0.3 is 0 Å². The first kappa shape index (κ1) is 19.6. The number of nitrogens with zero attached hydrogens (tertiary/aromatic N) is 2. The van der Waals surface area contributed by atoms with Gasteiger partial charge < -0.3 is 19.5 Å². The summed E-state index contributed by atoms with van der Waals surface area (Å²) < 4.78 is 23.4. The number of hydrogen-bond acceptors (Lipinski definition) is 5. The van der Waals surface area contributed by atoms with Crippen molar-refractivity contribution < 1.29 is 23.2 Å². The van der Waals surface area contributed by atoms with Gasteiger partial charge in [0.05, 0.1) is 19.6 Å². The van der Waals surface area contributed by atoms with Gasteiger partial charge in [0.25, 0.3) is 0 Å². The predicted octanol–water partition coefficient (Wildman–Crippen LogP) is 3.16. The second-order valence-corrected chi connectivity index (χ2v) is 7.01. The van der Waals surface area contributed by atoms with E-state index in [0.717, 1.165) is 5.69 Å². The molecule has 0 bridgehead atoms. The Balaban J connectivity index is 1.34. The maximum Gasteiger partial charge on any atom is 0.227 e. The Kier molecular flexibility index (Phi) is 5.47. The smallest absolute Gasteiger partial charge is 0.227 e. The highest BCUT2D eigenvalue weighted by Crippen LogP contribution is 2.27. The van der Waals surface area contributed by atoms with Crippen molar-refractivity contribution in [3.63, 3.8) is 0 Å². The highest BCUT2D eigenvalue weighted by atomic mass is 19.1. The number of nitrogens with one attached hydrogen (secondary N) is 1. The van der Waals surface area contributed by atoms with Gasteiger partial charge in [-0.3, -0.25) is 9.59 Å².